The van der Waals surface area contributed by atoms with Gasteiger partial charge < -0.3 is 20.7 Å². The molecule has 3 aromatic carbocycles. The fraction of sp³-hybridized carbons (Fsp3) is 0.0417. The summed E-state index contributed by atoms with van der Waals surface area (Å²) in [4.78, 5) is 20.6. The number of benzene rings is 3. The molecular formula is C24H21N5O4S. The van der Waals surface area contributed by atoms with Gasteiger partial charge in [-0.25, -0.2) is 23.2 Å². The molecule has 0 radical (unpaired) electrons. The lowest BCUT2D eigenvalue weighted by Crippen LogP contribution is -2.19. The van der Waals surface area contributed by atoms with Crippen LogP contribution in [0.4, 0.5) is 27.7 Å². The number of amides is 2. The Morgan fingerprint density at radius 3 is 2.06 bits per heavy atom. The van der Waals surface area contributed by atoms with Crippen LogP contribution in [0.25, 0.3) is 0 Å². The largest absolute Gasteiger partial charge is 0.439 e. The first-order chi connectivity index (χ1) is 16.3. The first kappa shape index (κ1) is 22.7. The summed E-state index contributed by atoms with van der Waals surface area (Å²) < 4.78 is 29.0. The Hall–Kier alpha value is -4.44. The second-order valence-corrected chi connectivity index (χ2v) is 9.25. The third kappa shape index (κ3) is 6.30. The molecule has 9 nitrogen and oxygen atoms in total. The molecule has 0 saturated heterocycles. The Labute approximate surface area is 196 Å². The maximum Gasteiger partial charge on any atom is 0.323 e. The summed E-state index contributed by atoms with van der Waals surface area (Å²) >= 11 is 0. The number of anilines is 4. The van der Waals surface area contributed by atoms with Crippen molar-refractivity contribution in [2.24, 2.45) is 0 Å². The fourth-order valence-corrected chi connectivity index (χ4v) is 3.57. The van der Waals surface area contributed by atoms with Gasteiger partial charge in [0.2, 0.25) is 5.88 Å². The highest BCUT2D eigenvalue weighted by molar-refractivity contribution is 7.90. The van der Waals surface area contributed by atoms with Crippen LogP contribution in [0.15, 0.2) is 96.2 Å². The minimum absolute atomic E-state index is 0.236. The van der Waals surface area contributed by atoms with E-state index in [1.807, 2.05) is 18.2 Å². The molecule has 10 heteroatoms. The molecule has 0 unspecified atom stereocenters. The summed E-state index contributed by atoms with van der Waals surface area (Å²) in [5.74, 6) is 1.32. The van der Waals surface area contributed by atoms with Crippen molar-refractivity contribution >= 4 is 38.7 Å². The van der Waals surface area contributed by atoms with Crippen molar-refractivity contribution in [3.63, 3.8) is 0 Å². The number of para-hydroxylation sites is 1. The molecule has 0 spiro atoms. The third-order valence-corrected chi connectivity index (χ3v) is 5.69. The van der Waals surface area contributed by atoms with Gasteiger partial charge in [0.1, 0.15) is 17.9 Å². The van der Waals surface area contributed by atoms with E-state index >= 15 is 0 Å². The van der Waals surface area contributed by atoms with Crippen LogP contribution in [0.3, 0.4) is 0 Å². The fourth-order valence-electron chi connectivity index (χ4n) is 2.94. The summed E-state index contributed by atoms with van der Waals surface area (Å²) in [5, 5.41) is 8.58. The van der Waals surface area contributed by atoms with Crippen molar-refractivity contribution < 1.29 is 17.9 Å². The monoisotopic (exact) mass is 475 g/mol. The second kappa shape index (κ2) is 10.0. The molecule has 3 N–H and O–H groups in total. The molecule has 0 aliphatic rings. The maximum atomic E-state index is 12.1. The van der Waals surface area contributed by atoms with Gasteiger partial charge in [-0.15, -0.1) is 0 Å². The van der Waals surface area contributed by atoms with Crippen molar-refractivity contribution in [3.8, 4) is 11.6 Å². The first-order valence-electron chi connectivity index (χ1n) is 10.2. The topological polar surface area (TPSA) is 122 Å². The maximum absolute atomic E-state index is 12.1. The van der Waals surface area contributed by atoms with E-state index < -0.39 is 9.84 Å². The van der Waals surface area contributed by atoms with E-state index in [0.29, 0.717) is 34.5 Å². The number of ether oxygens (including phenoxy) is 1. The van der Waals surface area contributed by atoms with E-state index in [9.17, 15) is 13.2 Å². The number of carbonyl (C=O) groups is 1. The minimum Gasteiger partial charge on any atom is -0.439 e. The average Bonchev–Trinajstić information content (AvgIpc) is 2.81. The van der Waals surface area contributed by atoms with E-state index in [-0.39, 0.29) is 10.9 Å². The highest BCUT2D eigenvalue weighted by Gasteiger charge is 2.08. The zero-order valence-electron chi connectivity index (χ0n) is 18.1. The van der Waals surface area contributed by atoms with Crippen LogP contribution >= 0.6 is 0 Å². The number of nitrogens with one attached hydrogen (secondary N) is 3. The molecule has 0 bridgehead atoms. The number of sulfone groups is 1. The summed E-state index contributed by atoms with van der Waals surface area (Å²) in [6.45, 7) is 0. The van der Waals surface area contributed by atoms with E-state index in [1.54, 1.807) is 54.6 Å². The number of urea groups is 1. The van der Waals surface area contributed by atoms with Gasteiger partial charge in [-0.1, -0.05) is 18.2 Å². The molecule has 0 atom stereocenters. The number of carbonyl (C=O) groups excluding carboxylic acids is 1. The van der Waals surface area contributed by atoms with Crippen LogP contribution in [0, 0.1) is 0 Å². The number of aromatic nitrogens is 2. The van der Waals surface area contributed by atoms with Gasteiger partial charge in [0, 0.05) is 29.4 Å². The molecule has 34 heavy (non-hydrogen) atoms. The molecular weight excluding hydrogens is 454 g/mol. The Morgan fingerprint density at radius 1 is 0.794 bits per heavy atom. The average molecular weight is 476 g/mol. The van der Waals surface area contributed by atoms with E-state index in [1.165, 1.54) is 18.5 Å². The van der Waals surface area contributed by atoms with Crippen molar-refractivity contribution in [3.05, 3.63) is 91.3 Å². The predicted molar refractivity (Wildman–Crippen MR) is 130 cm³/mol. The zero-order chi connectivity index (χ0) is 24.0. The van der Waals surface area contributed by atoms with Crippen LogP contribution in [-0.2, 0) is 9.84 Å². The summed E-state index contributed by atoms with van der Waals surface area (Å²) in [6, 6.07) is 23.6. The lowest BCUT2D eigenvalue weighted by Gasteiger charge is -2.10. The van der Waals surface area contributed by atoms with Gasteiger partial charge in [0.05, 0.1) is 4.90 Å². The number of hydrogen-bond donors (Lipinski definition) is 3. The van der Waals surface area contributed by atoms with Crippen LogP contribution in [0.5, 0.6) is 11.6 Å². The SMILES string of the molecule is CS(=O)(=O)c1ccc(Nc2cc(Oc3ccc(NC(=O)Nc4ccccc4)cc3)ncn2)cc1. The second-order valence-electron chi connectivity index (χ2n) is 7.23. The number of nitrogens with zero attached hydrogens (tertiary/aromatic N) is 2. The zero-order valence-corrected chi connectivity index (χ0v) is 18.9. The molecule has 2 amide bonds. The van der Waals surface area contributed by atoms with E-state index in [4.69, 9.17) is 4.74 Å². The van der Waals surface area contributed by atoms with E-state index in [2.05, 4.69) is 25.9 Å². The Kier molecular flexibility index (Phi) is 6.69. The van der Waals surface area contributed by atoms with Gasteiger partial charge in [0.25, 0.3) is 0 Å². The lowest BCUT2D eigenvalue weighted by molar-refractivity contribution is 0.262. The summed E-state index contributed by atoms with van der Waals surface area (Å²) in [7, 11) is -3.26. The van der Waals surface area contributed by atoms with E-state index in [0.717, 1.165) is 6.26 Å². The van der Waals surface area contributed by atoms with Crippen molar-refractivity contribution in [2.45, 2.75) is 4.90 Å². The van der Waals surface area contributed by atoms with Crippen LogP contribution in [0.1, 0.15) is 0 Å². The molecule has 0 fully saturated rings. The van der Waals surface area contributed by atoms with Crippen LogP contribution < -0.4 is 20.7 Å². The standard InChI is InChI=1S/C24H21N5O4S/c1-34(31,32)21-13-9-18(10-14-21)27-22-15-23(26-16-25-22)33-20-11-7-19(8-12-20)29-24(30)28-17-5-3-2-4-6-17/h2-16H,1H3,(H,25,26,27)(H2,28,29,30). The van der Waals surface area contributed by atoms with Gasteiger partial charge >= 0.3 is 6.03 Å². The van der Waals surface area contributed by atoms with Gasteiger partial charge in [-0.3, -0.25) is 0 Å². The van der Waals surface area contributed by atoms with Crippen molar-refractivity contribution in [2.75, 3.05) is 22.2 Å². The van der Waals surface area contributed by atoms with Gasteiger partial charge in [-0.2, -0.15) is 0 Å². The first-order valence-corrected chi connectivity index (χ1v) is 12.0. The summed E-state index contributed by atoms with van der Waals surface area (Å²) in [5.41, 5.74) is 1.96. The Balaban J connectivity index is 1.36. The molecule has 0 aliphatic heterocycles. The molecule has 172 valence electrons. The third-order valence-electron chi connectivity index (χ3n) is 4.56. The molecule has 1 heterocycles. The molecule has 0 saturated carbocycles. The Morgan fingerprint density at radius 2 is 1.41 bits per heavy atom. The van der Waals surface area contributed by atoms with Crippen molar-refractivity contribution in [1.82, 2.24) is 9.97 Å². The number of rotatable bonds is 7. The summed E-state index contributed by atoms with van der Waals surface area (Å²) in [6.07, 6.45) is 2.51. The smallest absolute Gasteiger partial charge is 0.323 e. The van der Waals surface area contributed by atoms with Crippen molar-refractivity contribution in [1.29, 1.82) is 0 Å². The number of hydrogen-bond acceptors (Lipinski definition) is 7. The lowest BCUT2D eigenvalue weighted by atomic mass is 10.3. The highest BCUT2D eigenvalue weighted by Crippen LogP contribution is 2.24. The predicted octanol–water partition coefficient (Wildman–Crippen LogP) is 5.06. The van der Waals surface area contributed by atoms with Gasteiger partial charge in [-0.05, 0) is 60.7 Å². The normalized spacial score (nSPS) is 10.9. The molecule has 1 aromatic heterocycles. The van der Waals surface area contributed by atoms with Crippen LogP contribution in [0.2, 0.25) is 0 Å². The molecule has 4 aromatic rings. The quantitative estimate of drug-likeness (QED) is 0.341. The molecule has 4 rings (SSSR count). The highest BCUT2D eigenvalue weighted by atomic mass is 32.2. The Bertz CT molecular complexity index is 1380. The minimum atomic E-state index is -3.26. The molecule has 0 aliphatic carbocycles. The van der Waals surface area contributed by atoms with Gasteiger partial charge in [0.15, 0.2) is 9.84 Å². The van der Waals surface area contributed by atoms with Crippen LogP contribution in [-0.4, -0.2) is 30.7 Å².